The molecule has 5 rings (SSSR count). The van der Waals surface area contributed by atoms with E-state index < -0.39 is 64.2 Å². The molecule has 1 aromatic rings. The van der Waals surface area contributed by atoms with Crippen LogP contribution in [-0.2, 0) is 88.5 Å². The van der Waals surface area contributed by atoms with Crippen molar-refractivity contribution in [3.05, 3.63) is 35.4 Å². The summed E-state index contributed by atoms with van der Waals surface area (Å²) >= 11 is 16.5. The van der Waals surface area contributed by atoms with E-state index in [0.717, 1.165) is 27.3 Å². The lowest BCUT2D eigenvalue weighted by Crippen LogP contribution is -2.44. The first-order valence-corrected chi connectivity index (χ1v) is 23.2. The molecule has 0 spiro atoms. The molecule has 4 fully saturated rings. The van der Waals surface area contributed by atoms with E-state index in [-0.39, 0.29) is 72.0 Å². The minimum atomic E-state index is -0.954. The van der Waals surface area contributed by atoms with Gasteiger partial charge in [0.1, 0.15) is 87.7 Å². The van der Waals surface area contributed by atoms with Crippen LogP contribution in [0.2, 0.25) is 0 Å². The first-order valence-electron chi connectivity index (χ1n) is 19.5. The van der Waals surface area contributed by atoms with Gasteiger partial charge in [-0.25, -0.2) is 19.2 Å². The molecule has 64 heavy (non-hydrogen) atoms. The van der Waals surface area contributed by atoms with Crippen molar-refractivity contribution in [2.45, 2.75) is 53.0 Å². The normalized spacial score (nSPS) is 18.4. The summed E-state index contributed by atoms with van der Waals surface area (Å²) in [5.41, 5.74) is -1.73. The van der Waals surface area contributed by atoms with Crippen molar-refractivity contribution in [1.82, 2.24) is 0 Å². The van der Waals surface area contributed by atoms with Crippen molar-refractivity contribution in [2.75, 3.05) is 88.3 Å². The van der Waals surface area contributed by atoms with Gasteiger partial charge in [-0.3, -0.25) is 19.2 Å². The van der Waals surface area contributed by atoms with Crippen molar-refractivity contribution >= 4 is 110 Å². The second-order valence-corrected chi connectivity index (χ2v) is 17.8. The summed E-state index contributed by atoms with van der Waals surface area (Å²) in [6.07, 6.45) is -1.62. The van der Waals surface area contributed by atoms with Crippen LogP contribution in [-0.4, -0.2) is 137 Å². The van der Waals surface area contributed by atoms with Crippen LogP contribution in [0.15, 0.2) is 24.3 Å². The van der Waals surface area contributed by atoms with E-state index in [2.05, 4.69) is 66.9 Å². The van der Waals surface area contributed by atoms with E-state index in [0.29, 0.717) is 31.4 Å². The van der Waals surface area contributed by atoms with Gasteiger partial charge in [0.05, 0.1) is 13.2 Å². The molecule has 0 aliphatic carbocycles. The van der Waals surface area contributed by atoms with Gasteiger partial charge in [0.25, 0.3) is 0 Å². The summed E-state index contributed by atoms with van der Waals surface area (Å²) in [6, 6.07) is 7.46. The minimum absolute atomic E-state index is 0.00839. The Hall–Kier alpha value is -4.03. The zero-order chi connectivity index (χ0) is 47.8. The van der Waals surface area contributed by atoms with E-state index in [1.165, 1.54) is 0 Å². The van der Waals surface area contributed by atoms with Crippen molar-refractivity contribution in [3.8, 4) is 0 Å². The highest BCUT2D eigenvalue weighted by Crippen LogP contribution is 2.27. The van der Waals surface area contributed by atoms with Crippen LogP contribution >= 0.6 is 61.7 Å². The van der Waals surface area contributed by atoms with Gasteiger partial charge < -0.3 is 56.8 Å². The fourth-order valence-corrected chi connectivity index (χ4v) is 5.43. The Balaban J connectivity index is 0.000000297. The van der Waals surface area contributed by atoms with Crippen LogP contribution in [0.1, 0.15) is 51.7 Å². The number of rotatable bonds is 15. The summed E-state index contributed by atoms with van der Waals surface area (Å²) in [5, 5.41) is 0.780. The number of benzene rings is 1. The van der Waals surface area contributed by atoms with E-state index in [1.54, 1.807) is 27.7 Å². The quantitative estimate of drug-likeness (QED) is 0.0590. The van der Waals surface area contributed by atoms with Crippen molar-refractivity contribution in [1.29, 1.82) is 0 Å². The number of halogens is 4. The van der Waals surface area contributed by atoms with Crippen LogP contribution in [0.4, 0.5) is 19.2 Å². The van der Waals surface area contributed by atoms with Crippen LogP contribution in [0.25, 0.3) is 0 Å². The molecule has 0 saturated carbocycles. The van der Waals surface area contributed by atoms with Gasteiger partial charge >= 0.3 is 48.5 Å². The highest BCUT2D eigenvalue weighted by molar-refractivity contribution is 14.1. The maximum absolute atomic E-state index is 12.0. The van der Waals surface area contributed by atoms with E-state index >= 15 is 0 Å². The van der Waals surface area contributed by atoms with Crippen LogP contribution < -0.4 is 0 Å². The van der Waals surface area contributed by atoms with E-state index in [9.17, 15) is 38.4 Å². The molecule has 0 atom stereocenters. The molecule has 4 aliphatic rings. The van der Waals surface area contributed by atoms with E-state index in [1.807, 2.05) is 24.3 Å². The van der Waals surface area contributed by atoms with Crippen LogP contribution in [0.3, 0.4) is 0 Å². The molecule has 20 nitrogen and oxygen atoms in total. The largest absolute Gasteiger partial charge is 0.508 e. The van der Waals surface area contributed by atoms with Crippen molar-refractivity contribution in [3.63, 3.8) is 0 Å². The molecule has 0 radical (unpaired) electrons. The lowest BCUT2D eigenvalue weighted by atomic mass is 9.92. The summed E-state index contributed by atoms with van der Waals surface area (Å²) in [6.45, 7) is 7.69. The molecular formula is C40H52BrCl2IO20. The summed E-state index contributed by atoms with van der Waals surface area (Å²) < 4.78 is 58.2. The average molecular weight is 1130 g/mol. The first-order chi connectivity index (χ1) is 30.3. The van der Waals surface area contributed by atoms with Gasteiger partial charge in [0.15, 0.2) is 0 Å². The smallest absolute Gasteiger partial charge is 0.465 e. The standard InChI is InChI=1S/C14H15ClO5.C9H13BrO5.C9H13ClO5.C8H11IO5/c1-14(8-19-13(17)20-9-14)12(16)18-7-11-4-2-10(6-15)3-5-11;2*1-9(5-14-8(12)15-6-9)7(11)13-4-2-3-10;1-8(6(10)12-3-2-9)4-13-7(11)14-5-8/h2-5H,6-9H2,1H3;2*2-6H2,1H3;2-5H2,1H3. The zero-order valence-electron chi connectivity index (χ0n) is 35.7. The SMILES string of the molecule is CC1(C(=O)OCCCBr)COC(=O)OC1.CC1(C(=O)OCCCCl)COC(=O)OC1.CC1(C(=O)OCCI)COC(=O)OC1.CC1(C(=O)OCc2ccc(CCl)cc2)COC(=O)OC1. The Morgan fingerprint density at radius 2 is 0.828 bits per heavy atom. The monoisotopic (exact) mass is 1130 g/mol. The topological polar surface area (TPSA) is 247 Å². The lowest BCUT2D eigenvalue weighted by Gasteiger charge is -2.29. The van der Waals surface area contributed by atoms with Gasteiger partial charge in [0, 0.05) is 21.5 Å². The number of esters is 4. The first kappa shape index (κ1) is 56.1. The molecule has 0 N–H and O–H groups in total. The predicted octanol–water partition coefficient (Wildman–Crippen LogP) is 6.60. The third-order valence-electron chi connectivity index (χ3n) is 8.92. The Bertz CT molecular complexity index is 1640. The Morgan fingerprint density at radius 1 is 0.531 bits per heavy atom. The number of carbonyl (C=O) groups excluding carboxylic acids is 8. The molecule has 0 unspecified atom stereocenters. The van der Waals surface area contributed by atoms with Gasteiger partial charge in [-0.2, -0.15) is 0 Å². The number of carbonyl (C=O) groups is 8. The molecule has 4 heterocycles. The minimum Gasteiger partial charge on any atom is -0.465 e. The van der Waals surface area contributed by atoms with Gasteiger partial charge in [-0.1, -0.05) is 62.8 Å². The average Bonchev–Trinajstić information content (AvgIpc) is 3.29. The Morgan fingerprint density at radius 3 is 1.12 bits per heavy atom. The van der Waals surface area contributed by atoms with Gasteiger partial charge in [-0.05, 0) is 51.7 Å². The molecule has 24 heteroatoms. The van der Waals surface area contributed by atoms with Crippen molar-refractivity contribution in [2.24, 2.45) is 21.7 Å². The molecule has 0 aromatic heterocycles. The molecule has 4 saturated heterocycles. The van der Waals surface area contributed by atoms with Crippen LogP contribution in [0, 0.1) is 21.7 Å². The van der Waals surface area contributed by atoms with Crippen LogP contribution in [0.5, 0.6) is 0 Å². The van der Waals surface area contributed by atoms with Crippen molar-refractivity contribution < 1.29 is 95.2 Å². The second kappa shape index (κ2) is 28.1. The summed E-state index contributed by atoms with van der Waals surface area (Å²) in [5.74, 6) is -0.778. The molecule has 360 valence electrons. The molecule has 0 bridgehead atoms. The maximum Gasteiger partial charge on any atom is 0.508 e. The molecule has 0 amide bonds. The number of hydrogen-bond acceptors (Lipinski definition) is 20. The van der Waals surface area contributed by atoms with Gasteiger partial charge in [0.2, 0.25) is 0 Å². The Kier molecular flexibility index (Phi) is 24.6. The zero-order valence-corrected chi connectivity index (χ0v) is 41.0. The summed E-state index contributed by atoms with van der Waals surface area (Å²) in [7, 11) is 0. The number of cyclic esters (lactones) is 8. The molecular weight excluding hydrogens is 1080 g/mol. The fourth-order valence-electron chi connectivity index (χ4n) is 4.69. The summed E-state index contributed by atoms with van der Waals surface area (Å²) in [4.78, 5) is 89.3. The molecule has 4 aliphatic heterocycles. The third-order valence-corrected chi connectivity index (χ3v) is 10.5. The third kappa shape index (κ3) is 19.2. The van der Waals surface area contributed by atoms with Gasteiger partial charge in [-0.15, -0.1) is 23.2 Å². The number of hydrogen-bond donors (Lipinski definition) is 0. The second-order valence-electron chi connectivity index (χ2n) is 15.3. The maximum atomic E-state index is 12.0. The highest BCUT2D eigenvalue weighted by Gasteiger charge is 2.44. The fraction of sp³-hybridized carbons (Fsp3) is 0.650. The van der Waals surface area contributed by atoms with E-state index in [4.69, 9.17) is 51.6 Å². The Labute approximate surface area is 401 Å². The lowest BCUT2D eigenvalue weighted by molar-refractivity contribution is -0.168. The predicted molar refractivity (Wildman–Crippen MR) is 233 cm³/mol. The number of ether oxygens (including phenoxy) is 12. The number of alkyl halides is 4. The molecule has 1 aromatic carbocycles. The highest BCUT2D eigenvalue weighted by atomic mass is 127.